The summed E-state index contributed by atoms with van der Waals surface area (Å²) in [7, 11) is 0. The highest BCUT2D eigenvalue weighted by molar-refractivity contribution is 8.00. The number of pyridine rings is 1. The van der Waals surface area contributed by atoms with Gasteiger partial charge in [0.2, 0.25) is 5.91 Å². The van der Waals surface area contributed by atoms with Crippen LogP contribution in [0, 0.1) is 0 Å². The van der Waals surface area contributed by atoms with Crippen LogP contribution < -0.4 is 10.2 Å². The molecule has 1 aliphatic rings. The largest absolute Gasteiger partial charge is 0.322 e. The Morgan fingerprint density at radius 3 is 2.92 bits per heavy atom. The second-order valence-electron chi connectivity index (χ2n) is 5.06. The molecule has 5 nitrogen and oxygen atoms in total. The SMILES string of the molecule is O=C(Nc1ccc2c(c1)N(CC(F)F)C(=O)CS2)c1cccnc1. The van der Waals surface area contributed by atoms with Gasteiger partial charge in [0.15, 0.2) is 0 Å². The molecule has 1 aromatic heterocycles. The van der Waals surface area contributed by atoms with Crippen LogP contribution in [0.1, 0.15) is 10.4 Å². The maximum absolute atomic E-state index is 12.7. The van der Waals surface area contributed by atoms with E-state index in [9.17, 15) is 18.4 Å². The minimum Gasteiger partial charge on any atom is -0.322 e. The molecule has 0 atom stereocenters. The van der Waals surface area contributed by atoms with E-state index in [0.717, 1.165) is 9.80 Å². The number of carbonyl (C=O) groups is 2. The van der Waals surface area contributed by atoms with Crippen LogP contribution in [-0.4, -0.2) is 35.5 Å². The molecule has 2 heterocycles. The molecule has 0 fully saturated rings. The van der Waals surface area contributed by atoms with Gasteiger partial charge in [-0.2, -0.15) is 0 Å². The van der Waals surface area contributed by atoms with E-state index in [2.05, 4.69) is 10.3 Å². The van der Waals surface area contributed by atoms with Crippen molar-refractivity contribution in [3.63, 3.8) is 0 Å². The van der Waals surface area contributed by atoms with Crippen molar-refractivity contribution in [1.82, 2.24) is 4.98 Å². The van der Waals surface area contributed by atoms with Crippen LogP contribution in [0.4, 0.5) is 20.2 Å². The number of carbonyl (C=O) groups excluding carboxylic acids is 2. The number of hydrogen-bond donors (Lipinski definition) is 1. The Kier molecular flexibility index (Phi) is 4.75. The summed E-state index contributed by atoms with van der Waals surface area (Å²) in [5.74, 6) is -0.608. The van der Waals surface area contributed by atoms with Gasteiger partial charge in [-0.15, -0.1) is 11.8 Å². The summed E-state index contributed by atoms with van der Waals surface area (Å²) in [6.07, 6.45) is 0.357. The second-order valence-corrected chi connectivity index (χ2v) is 6.08. The lowest BCUT2D eigenvalue weighted by Gasteiger charge is -2.29. The first-order valence-corrected chi connectivity index (χ1v) is 8.10. The minimum absolute atomic E-state index is 0.126. The summed E-state index contributed by atoms with van der Waals surface area (Å²) in [5.41, 5.74) is 1.20. The number of anilines is 2. The summed E-state index contributed by atoms with van der Waals surface area (Å²) < 4.78 is 25.5. The molecule has 0 aliphatic carbocycles. The average Bonchev–Trinajstić information content (AvgIpc) is 2.58. The summed E-state index contributed by atoms with van der Waals surface area (Å²) in [6, 6.07) is 8.18. The molecule has 0 spiro atoms. The number of fused-ring (bicyclic) bond motifs is 1. The van der Waals surface area contributed by atoms with Crippen LogP contribution in [0.3, 0.4) is 0 Å². The molecule has 24 heavy (non-hydrogen) atoms. The number of halogens is 2. The third kappa shape index (κ3) is 3.53. The van der Waals surface area contributed by atoms with E-state index >= 15 is 0 Å². The molecule has 1 aliphatic heterocycles. The highest BCUT2D eigenvalue weighted by Crippen LogP contribution is 2.37. The van der Waals surface area contributed by atoms with E-state index in [1.54, 1.807) is 30.5 Å². The predicted molar refractivity (Wildman–Crippen MR) is 87.7 cm³/mol. The summed E-state index contributed by atoms with van der Waals surface area (Å²) >= 11 is 1.29. The van der Waals surface area contributed by atoms with E-state index in [0.29, 0.717) is 16.9 Å². The van der Waals surface area contributed by atoms with Gasteiger partial charge >= 0.3 is 0 Å². The first-order valence-electron chi connectivity index (χ1n) is 7.11. The number of aromatic nitrogens is 1. The highest BCUT2D eigenvalue weighted by atomic mass is 32.2. The molecule has 8 heteroatoms. The average molecular weight is 349 g/mol. The van der Waals surface area contributed by atoms with Crippen LogP contribution in [0.15, 0.2) is 47.6 Å². The van der Waals surface area contributed by atoms with Gasteiger partial charge < -0.3 is 10.2 Å². The van der Waals surface area contributed by atoms with Crippen LogP contribution >= 0.6 is 11.8 Å². The van der Waals surface area contributed by atoms with Gasteiger partial charge in [0.05, 0.1) is 23.5 Å². The molecular formula is C16H13F2N3O2S. The molecule has 1 N–H and O–H groups in total. The highest BCUT2D eigenvalue weighted by Gasteiger charge is 2.27. The fraction of sp³-hybridized carbons (Fsp3) is 0.188. The molecule has 124 valence electrons. The molecule has 0 radical (unpaired) electrons. The zero-order valence-corrected chi connectivity index (χ0v) is 13.2. The zero-order valence-electron chi connectivity index (χ0n) is 12.4. The molecule has 0 unspecified atom stereocenters. The Morgan fingerprint density at radius 1 is 1.38 bits per heavy atom. The van der Waals surface area contributed by atoms with Gasteiger partial charge in [-0.05, 0) is 30.3 Å². The number of nitrogens with one attached hydrogen (secondary N) is 1. The van der Waals surface area contributed by atoms with Crippen LogP contribution in [-0.2, 0) is 4.79 Å². The van der Waals surface area contributed by atoms with E-state index < -0.39 is 13.0 Å². The Morgan fingerprint density at radius 2 is 2.21 bits per heavy atom. The maximum atomic E-state index is 12.7. The quantitative estimate of drug-likeness (QED) is 0.922. The lowest BCUT2D eigenvalue weighted by Crippen LogP contribution is -2.38. The van der Waals surface area contributed by atoms with Crippen LogP contribution in [0.2, 0.25) is 0 Å². The topological polar surface area (TPSA) is 62.3 Å². The smallest absolute Gasteiger partial charge is 0.257 e. The third-order valence-electron chi connectivity index (χ3n) is 3.40. The number of hydrogen-bond acceptors (Lipinski definition) is 4. The van der Waals surface area contributed by atoms with Gasteiger partial charge in [-0.1, -0.05) is 0 Å². The first kappa shape index (κ1) is 16.4. The van der Waals surface area contributed by atoms with Crippen molar-refractivity contribution in [2.24, 2.45) is 0 Å². The van der Waals surface area contributed by atoms with Gasteiger partial charge in [0, 0.05) is 23.0 Å². The predicted octanol–water partition coefficient (Wildman–Crippen LogP) is 3.04. The molecule has 0 saturated carbocycles. The van der Waals surface area contributed by atoms with E-state index in [1.165, 1.54) is 24.0 Å². The number of benzene rings is 1. The molecule has 2 amide bonds. The van der Waals surface area contributed by atoms with Gasteiger partial charge in [-0.25, -0.2) is 8.78 Å². The van der Waals surface area contributed by atoms with Gasteiger partial charge in [0.1, 0.15) is 0 Å². The standard InChI is InChI=1S/C16H13F2N3O2S/c17-14(18)8-21-12-6-11(3-4-13(12)24-9-15(21)22)20-16(23)10-2-1-5-19-7-10/h1-7,14H,8-9H2,(H,20,23). The Labute approximate surface area is 141 Å². The Hall–Kier alpha value is -2.48. The monoisotopic (exact) mass is 349 g/mol. The number of rotatable bonds is 4. The van der Waals surface area contributed by atoms with Crippen molar-refractivity contribution in [2.45, 2.75) is 11.3 Å². The number of nitrogens with zero attached hydrogens (tertiary/aromatic N) is 2. The number of amides is 2. The molecule has 2 aromatic rings. The fourth-order valence-electron chi connectivity index (χ4n) is 2.32. The van der Waals surface area contributed by atoms with Crippen molar-refractivity contribution in [3.8, 4) is 0 Å². The fourth-order valence-corrected chi connectivity index (χ4v) is 3.23. The molecule has 0 saturated heterocycles. The third-order valence-corrected chi connectivity index (χ3v) is 4.45. The lowest BCUT2D eigenvalue weighted by atomic mass is 10.2. The Bertz CT molecular complexity index is 771. The molecule has 1 aromatic carbocycles. The molecule has 3 rings (SSSR count). The summed E-state index contributed by atoms with van der Waals surface area (Å²) in [6.45, 7) is -0.660. The first-order chi connectivity index (χ1) is 11.5. The molecule has 0 bridgehead atoms. The lowest BCUT2D eigenvalue weighted by molar-refractivity contribution is -0.116. The van der Waals surface area contributed by atoms with Gasteiger partial charge in [-0.3, -0.25) is 14.6 Å². The van der Waals surface area contributed by atoms with Gasteiger partial charge in [0.25, 0.3) is 12.3 Å². The number of alkyl halides is 2. The Balaban J connectivity index is 1.85. The van der Waals surface area contributed by atoms with Crippen molar-refractivity contribution in [2.75, 3.05) is 22.5 Å². The number of thioether (sulfide) groups is 1. The maximum Gasteiger partial charge on any atom is 0.257 e. The summed E-state index contributed by atoms with van der Waals surface area (Å²) in [5, 5.41) is 2.68. The normalized spacial score (nSPS) is 13.8. The minimum atomic E-state index is -2.63. The van der Waals surface area contributed by atoms with Crippen LogP contribution in [0.5, 0.6) is 0 Å². The molecular weight excluding hydrogens is 336 g/mol. The van der Waals surface area contributed by atoms with Crippen molar-refractivity contribution >= 4 is 35.0 Å². The second kappa shape index (κ2) is 6.96. The van der Waals surface area contributed by atoms with Crippen LogP contribution in [0.25, 0.3) is 0 Å². The van der Waals surface area contributed by atoms with Crippen molar-refractivity contribution < 1.29 is 18.4 Å². The van der Waals surface area contributed by atoms with E-state index in [1.807, 2.05) is 0 Å². The van der Waals surface area contributed by atoms with E-state index in [-0.39, 0.29) is 17.6 Å². The van der Waals surface area contributed by atoms with E-state index in [4.69, 9.17) is 0 Å². The van der Waals surface area contributed by atoms with Crippen molar-refractivity contribution in [3.05, 3.63) is 48.3 Å². The zero-order chi connectivity index (χ0) is 17.1. The summed E-state index contributed by atoms with van der Waals surface area (Å²) in [4.78, 5) is 29.7. The van der Waals surface area contributed by atoms with Crippen molar-refractivity contribution in [1.29, 1.82) is 0 Å².